The molecule has 1 N–H and O–H groups in total. The predicted molar refractivity (Wildman–Crippen MR) is 187 cm³/mol. The van der Waals surface area contributed by atoms with E-state index in [1.54, 1.807) is 0 Å². The lowest BCUT2D eigenvalue weighted by Gasteiger charge is -2.59. The van der Waals surface area contributed by atoms with Gasteiger partial charge in [-0.1, -0.05) is 26.3 Å². The summed E-state index contributed by atoms with van der Waals surface area (Å²) in [6.07, 6.45) is 5.32. The van der Waals surface area contributed by atoms with Gasteiger partial charge in [-0.2, -0.15) is 0 Å². The van der Waals surface area contributed by atoms with Crippen LogP contribution >= 0.6 is 0 Å². The fourth-order valence-electron chi connectivity index (χ4n) is 11.0. The van der Waals surface area contributed by atoms with Gasteiger partial charge < -0.3 is 33.5 Å². The van der Waals surface area contributed by atoms with Crippen molar-refractivity contribution in [2.75, 3.05) is 13.2 Å². The number of fused-ring (bicyclic) bond motifs is 5. The Labute approximate surface area is 308 Å². The zero-order chi connectivity index (χ0) is 38.2. The molecule has 4 fully saturated rings. The highest BCUT2D eigenvalue weighted by atomic mass is 16.7. The van der Waals surface area contributed by atoms with Crippen molar-refractivity contribution in [1.82, 2.24) is 0 Å². The Morgan fingerprint density at radius 1 is 0.885 bits per heavy atom. The number of ketones is 1. The molecule has 5 rings (SSSR count). The summed E-state index contributed by atoms with van der Waals surface area (Å²) in [5.41, 5.74) is 0.0467. The lowest BCUT2D eigenvalue weighted by Crippen LogP contribution is -2.58. The second-order valence-electron chi connectivity index (χ2n) is 17.0. The largest absolute Gasteiger partial charge is 0.459 e. The van der Waals surface area contributed by atoms with Crippen LogP contribution in [0.5, 0.6) is 0 Å². The normalized spacial score (nSPS) is 37.9. The van der Waals surface area contributed by atoms with Gasteiger partial charge in [0.2, 0.25) is 0 Å². The molecule has 1 heterocycles. The highest BCUT2D eigenvalue weighted by Gasteiger charge is 2.63. The maximum atomic E-state index is 12.4. The van der Waals surface area contributed by atoms with Crippen LogP contribution in [0, 0.1) is 40.4 Å². The standard InChI is InChI=1S/C40H60O12/c1-22(20-47-37-36(52-26(5)44)35(51-25(4)43)32(21-48-37)49-23(2)41)9-14-34(50-24(3)42)40(8,46)33-13-12-30-29-11-10-27-19-28(45)15-17-38(27,6)31(29)16-18-39(30,33)7/h19,22,29-37,46H,9-18,20-21H2,1-8H3. The third-order valence-corrected chi connectivity index (χ3v) is 13.4. The van der Waals surface area contributed by atoms with Crippen molar-refractivity contribution in [3.63, 3.8) is 0 Å². The second kappa shape index (κ2) is 15.9. The third kappa shape index (κ3) is 8.28. The van der Waals surface area contributed by atoms with E-state index in [0.717, 1.165) is 44.9 Å². The summed E-state index contributed by atoms with van der Waals surface area (Å²) in [7, 11) is 0. The molecule has 12 nitrogen and oxygen atoms in total. The Balaban J connectivity index is 1.24. The Hall–Kier alpha value is -2.83. The van der Waals surface area contributed by atoms with Gasteiger partial charge in [-0.3, -0.25) is 24.0 Å². The fourth-order valence-corrected chi connectivity index (χ4v) is 11.0. The number of carbonyl (C=O) groups excluding carboxylic acids is 5. The number of esters is 4. The molecule has 292 valence electrons. The summed E-state index contributed by atoms with van der Waals surface area (Å²) in [5.74, 6) is -0.685. The summed E-state index contributed by atoms with van der Waals surface area (Å²) in [5, 5.41) is 12.4. The highest BCUT2D eigenvalue weighted by Crippen LogP contribution is 2.68. The van der Waals surface area contributed by atoms with Crippen molar-refractivity contribution < 1.29 is 57.5 Å². The first-order chi connectivity index (χ1) is 24.4. The van der Waals surface area contributed by atoms with E-state index in [4.69, 9.17) is 28.4 Å². The monoisotopic (exact) mass is 732 g/mol. The van der Waals surface area contributed by atoms with E-state index in [0.29, 0.717) is 37.0 Å². The van der Waals surface area contributed by atoms with Crippen molar-refractivity contribution in [1.29, 1.82) is 0 Å². The Bertz CT molecular complexity index is 1400. The number of rotatable bonds is 12. The molecule has 13 unspecified atom stereocenters. The molecule has 0 aromatic rings. The van der Waals surface area contributed by atoms with Crippen molar-refractivity contribution in [2.45, 2.75) is 156 Å². The smallest absolute Gasteiger partial charge is 0.303 e. The molecule has 52 heavy (non-hydrogen) atoms. The first kappa shape index (κ1) is 40.4. The van der Waals surface area contributed by atoms with Crippen molar-refractivity contribution >= 4 is 29.7 Å². The molecular formula is C40H60O12. The summed E-state index contributed by atoms with van der Waals surface area (Å²) < 4.78 is 34.0. The third-order valence-electron chi connectivity index (χ3n) is 13.4. The van der Waals surface area contributed by atoms with Gasteiger partial charge in [-0.25, -0.2) is 0 Å². The average Bonchev–Trinajstić information content (AvgIpc) is 3.41. The molecule has 0 aromatic carbocycles. The molecule has 0 radical (unpaired) electrons. The number of hydrogen-bond donors (Lipinski definition) is 1. The lowest BCUT2D eigenvalue weighted by atomic mass is 9.46. The second-order valence-corrected chi connectivity index (χ2v) is 17.0. The van der Waals surface area contributed by atoms with E-state index in [2.05, 4.69) is 13.8 Å². The number of ether oxygens (including phenoxy) is 6. The first-order valence-corrected chi connectivity index (χ1v) is 19.2. The summed E-state index contributed by atoms with van der Waals surface area (Å²) in [6.45, 7) is 13.6. The van der Waals surface area contributed by atoms with E-state index < -0.39 is 60.2 Å². The minimum atomic E-state index is -1.26. The van der Waals surface area contributed by atoms with Crippen LogP contribution in [0.25, 0.3) is 0 Å². The summed E-state index contributed by atoms with van der Waals surface area (Å²) in [4.78, 5) is 60.4. The predicted octanol–water partition coefficient (Wildman–Crippen LogP) is 5.40. The zero-order valence-electron chi connectivity index (χ0n) is 32.3. The quantitative estimate of drug-likeness (QED) is 0.201. The van der Waals surface area contributed by atoms with E-state index in [9.17, 15) is 29.1 Å². The molecule has 1 aliphatic heterocycles. The molecule has 4 aliphatic carbocycles. The summed E-state index contributed by atoms with van der Waals surface area (Å²) in [6, 6.07) is 0. The average molecular weight is 733 g/mol. The van der Waals surface area contributed by atoms with Crippen molar-refractivity contribution in [3.8, 4) is 0 Å². The molecule has 0 spiro atoms. The van der Waals surface area contributed by atoms with Crippen LogP contribution in [0.1, 0.15) is 120 Å². The van der Waals surface area contributed by atoms with E-state index in [1.165, 1.54) is 33.3 Å². The van der Waals surface area contributed by atoms with Crippen molar-refractivity contribution in [3.05, 3.63) is 11.6 Å². The Kier molecular flexibility index (Phi) is 12.3. The minimum absolute atomic E-state index is 0.0527. The van der Waals surface area contributed by atoms with Crippen LogP contribution in [0.2, 0.25) is 0 Å². The Morgan fingerprint density at radius 2 is 1.56 bits per heavy atom. The zero-order valence-corrected chi connectivity index (χ0v) is 32.3. The van der Waals surface area contributed by atoms with Crippen LogP contribution in [0.15, 0.2) is 11.6 Å². The molecule has 1 saturated heterocycles. The van der Waals surface area contributed by atoms with Crippen LogP contribution in [0.3, 0.4) is 0 Å². The molecule has 12 heteroatoms. The molecule has 13 atom stereocenters. The maximum Gasteiger partial charge on any atom is 0.303 e. The van der Waals surface area contributed by atoms with Gasteiger partial charge in [0.05, 0.1) is 13.2 Å². The van der Waals surface area contributed by atoms with Gasteiger partial charge in [-0.05, 0) is 111 Å². The molecule has 5 aliphatic rings. The van der Waals surface area contributed by atoms with Crippen molar-refractivity contribution in [2.24, 2.45) is 40.4 Å². The molecule has 0 amide bonds. The van der Waals surface area contributed by atoms with Crippen LogP contribution in [-0.4, -0.2) is 84.3 Å². The molecule has 0 aromatic heterocycles. The molecule has 0 bridgehead atoms. The Morgan fingerprint density at radius 3 is 2.21 bits per heavy atom. The number of aliphatic hydroxyl groups is 1. The molecule has 3 saturated carbocycles. The van der Waals surface area contributed by atoms with E-state index in [-0.39, 0.29) is 41.7 Å². The van der Waals surface area contributed by atoms with Gasteiger partial charge in [-0.15, -0.1) is 0 Å². The highest BCUT2D eigenvalue weighted by molar-refractivity contribution is 5.91. The lowest BCUT2D eigenvalue weighted by molar-refractivity contribution is -0.282. The maximum absolute atomic E-state index is 12.4. The van der Waals surface area contributed by atoms with Gasteiger partial charge in [0.1, 0.15) is 11.7 Å². The minimum Gasteiger partial charge on any atom is -0.459 e. The van der Waals surface area contributed by atoms with Gasteiger partial charge >= 0.3 is 23.9 Å². The number of allylic oxidation sites excluding steroid dienone is 1. The topological polar surface area (TPSA) is 161 Å². The first-order valence-electron chi connectivity index (χ1n) is 19.2. The number of hydrogen-bond acceptors (Lipinski definition) is 12. The molecular weight excluding hydrogens is 672 g/mol. The van der Waals surface area contributed by atoms with Gasteiger partial charge in [0.15, 0.2) is 30.4 Å². The van der Waals surface area contributed by atoms with Crippen LogP contribution in [-0.2, 0) is 52.4 Å². The summed E-state index contributed by atoms with van der Waals surface area (Å²) >= 11 is 0. The van der Waals surface area contributed by atoms with Crippen LogP contribution < -0.4 is 0 Å². The van der Waals surface area contributed by atoms with E-state index >= 15 is 0 Å². The van der Waals surface area contributed by atoms with Crippen LogP contribution in [0.4, 0.5) is 0 Å². The van der Waals surface area contributed by atoms with Gasteiger partial charge in [0.25, 0.3) is 0 Å². The number of carbonyl (C=O) groups is 5. The van der Waals surface area contributed by atoms with Gasteiger partial charge in [0, 0.05) is 34.1 Å². The van der Waals surface area contributed by atoms with E-state index in [1.807, 2.05) is 19.9 Å². The SMILES string of the molecule is CC(=O)OC1COC(OCC(C)CCC(OC(C)=O)C(C)(O)C2CCC3C4CCC5=CC(=O)CCC5(C)C4CCC32C)C(OC(C)=O)C1OC(C)=O. The fraction of sp³-hybridized carbons (Fsp3) is 0.825.